The molecule has 4 bridgehead atoms. The Hall–Kier alpha value is -2.90. The molecule has 1 fully saturated rings. The zero-order valence-corrected chi connectivity index (χ0v) is 29.5. The average Bonchev–Trinajstić information content (AvgIpc) is 3.45. The maximum Gasteiger partial charge on any atom is 1.00 e. The number of ether oxygens (including phenoxy) is 1. The Kier molecular flexibility index (Phi) is 12.2. The number of aliphatic hydroxyl groups is 2. The van der Waals surface area contributed by atoms with Gasteiger partial charge in [-0.15, -0.1) is 0 Å². The summed E-state index contributed by atoms with van der Waals surface area (Å²) in [5.41, 5.74) is 12.5. The molecule has 4 atom stereocenters. The molecule has 1 aliphatic carbocycles. The Morgan fingerprint density at radius 3 is 2.19 bits per heavy atom. The summed E-state index contributed by atoms with van der Waals surface area (Å²) in [6.45, 7) is 0. The van der Waals surface area contributed by atoms with Gasteiger partial charge in [0.2, 0.25) is 5.72 Å². The van der Waals surface area contributed by atoms with Crippen LogP contribution in [0, 0.1) is 5.92 Å². The average molecular weight is 672 g/mol. The number of nitrogens with two attached hydrogens (primary N) is 2. The zero-order valence-electron chi connectivity index (χ0n) is 26.7. The largest absolute Gasteiger partial charge is 1.00 e. The number of hydrogen-bond acceptors (Lipinski definition) is 8. The van der Waals surface area contributed by atoms with Crippen LogP contribution in [0.3, 0.4) is 0 Å². The van der Waals surface area contributed by atoms with Crippen molar-refractivity contribution in [3.8, 4) is 11.5 Å². The molecule has 4 aliphatic heterocycles. The van der Waals surface area contributed by atoms with Crippen LogP contribution in [0.5, 0.6) is 11.5 Å². The summed E-state index contributed by atoms with van der Waals surface area (Å²) in [5.74, 6) is -0.375. The number of aryl methyl sites for hydroxylation is 1. The molecule has 0 aromatic heterocycles. The van der Waals surface area contributed by atoms with Gasteiger partial charge in [0.15, 0.2) is 5.96 Å². The number of nitrogens with zero attached hydrogens (tertiary/aromatic N) is 1. The molecular weight excluding hydrogens is 629 g/mol. The Labute approximate surface area is 298 Å². The Morgan fingerprint density at radius 1 is 0.979 bits per heavy atom. The van der Waals surface area contributed by atoms with Gasteiger partial charge in [-0.25, -0.2) is 13.4 Å². The van der Waals surface area contributed by atoms with Gasteiger partial charge < -0.3 is 36.1 Å². The van der Waals surface area contributed by atoms with Gasteiger partial charge in [0.05, 0.1) is 27.1 Å². The van der Waals surface area contributed by atoms with Crippen LogP contribution in [0.1, 0.15) is 73.3 Å². The van der Waals surface area contributed by atoms with Crippen LogP contribution in [-0.2, 0) is 28.7 Å². The van der Waals surface area contributed by atoms with E-state index in [0.717, 1.165) is 24.0 Å². The van der Waals surface area contributed by atoms with E-state index in [9.17, 15) is 28.3 Å². The number of aliphatic hydroxyl groups excluding tert-OH is 1. The number of phenols is 1. The molecule has 4 heterocycles. The number of rotatable bonds is 8. The number of aliphatic imine (C=N–C) groups is 1. The van der Waals surface area contributed by atoms with Crippen molar-refractivity contribution in [3.05, 3.63) is 107 Å². The van der Waals surface area contributed by atoms with E-state index in [-0.39, 0.29) is 54.1 Å². The standard InChI is InChI=1S/C35H43N3O7S.Na/c36-33(37)38-35(22-21-34(41)19-1-2-20-34)28-11-3-25(4-12-28)23-27(10-17-31(40)26-8-13-29(39)14-9-26)32(46(42,43)44)18-7-24-5-15-30(45-35)16-6-24;/h3-6,8-17,27,31-32,39-41H,1-2,7,18-23H2,(H4,36,37,38)(H,42,43,44);/q;+1/p-1. The summed E-state index contributed by atoms with van der Waals surface area (Å²) in [7, 11) is -4.74. The van der Waals surface area contributed by atoms with E-state index >= 15 is 0 Å². The van der Waals surface area contributed by atoms with Crippen LogP contribution in [0.2, 0.25) is 0 Å². The van der Waals surface area contributed by atoms with Gasteiger partial charge in [0.25, 0.3) is 0 Å². The normalized spacial score (nSPS) is 23.3. The summed E-state index contributed by atoms with van der Waals surface area (Å²) in [6.07, 6.45) is 6.62. The number of hydrogen-bond donors (Lipinski definition) is 5. The molecule has 0 spiro atoms. The first kappa shape index (κ1) is 36.9. The van der Waals surface area contributed by atoms with Crippen molar-refractivity contribution in [2.24, 2.45) is 22.4 Å². The molecule has 12 heteroatoms. The van der Waals surface area contributed by atoms with Crippen molar-refractivity contribution < 1.29 is 62.6 Å². The predicted molar refractivity (Wildman–Crippen MR) is 175 cm³/mol. The molecule has 8 rings (SSSR count). The van der Waals surface area contributed by atoms with Crippen molar-refractivity contribution in [1.82, 2.24) is 0 Å². The van der Waals surface area contributed by atoms with E-state index in [1.807, 2.05) is 36.4 Å². The zero-order chi connectivity index (χ0) is 33.0. The van der Waals surface area contributed by atoms with Crippen LogP contribution in [-0.4, -0.2) is 45.1 Å². The van der Waals surface area contributed by atoms with Gasteiger partial charge in [-0.3, -0.25) is 0 Å². The van der Waals surface area contributed by atoms with Crippen molar-refractivity contribution >= 4 is 16.1 Å². The summed E-state index contributed by atoms with van der Waals surface area (Å²) in [4.78, 5) is 4.60. The second-order valence-corrected chi connectivity index (χ2v) is 14.1. The maximum atomic E-state index is 12.7. The van der Waals surface area contributed by atoms with Crippen molar-refractivity contribution in [2.75, 3.05) is 0 Å². The molecule has 246 valence electrons. The minimum absolute atomic E-state index is 0. The van der Waals surface area contributed by atoms with Crippen LogP contribution < -0.4 is 45.8 Å². The molecule has 1 saturated carbocycles. The van der Waals surface area contributed by atoms with Gasteiger partial charge in [0.1, 0.15) is 11.5 Å². The quantitative estimate of drug-likeness (QED) is 0.0772. The van der Waals surface area contributed by atoms with E-state index in [2.05, 4.69) is 4.99 Å². The summed E-state index contributed by atoms with van der Waals surface area (Å²) < 4.78 is 44.7. The Morgan fingerprint density at radius 2 is 1.60 bits per heavy atom. The van der Waals surface area contributed by atoms with Gasteiger partial charge in [0, 0.05) is 12.0 Å². The molecule has 10 nitrogen and oxygen atoms in total. The van der Waals surface area contributed by atoms with Gasteiger partial charge in [-0.1, -0.05) is 73.5 Å². The topological polar surface area (TPSA) is 192 Å². The van der Waals surface area contributed by atoms with Crippen LogP contribution >= 0.6 is 0 Å². The minimum atomic E-state index is -4.74. The molecular formula is C35H42N3NaO7S. The molecule has 47 heavy (non-hydrogen) atoms. The Balaban J connectivity index is 0.00000500. The fraction of sp³-hybridized carbons (Fsp3) is 0.400. The molecule has 5 aliphatic rings. The third-order valence-electron chi connectivity index (χ3n) is 9.20. The second kappa shape index (κ2) is 15.5. The number of benzene rings is 3. The van der Waals surface area contributed by atoms with E-state index in [1.54, 1.807) is 30.3 Å². The van der Waals surface area contributed by atoms with E-state index in [0.29, 0.717) is 49.0 Å². The van der Waals surface area contributed by atoms with Crippen LogP contribution in [0.4, 0.5) is 0 Å². The van der Waals surface area contributed by atoms with Gasteiger partial charge in [-0.2, -0.15) is 0 Å². The predicted octanol–water partition coefficient (Wildman–Crippen LogP) is 1.30. The minimum Gasteiger partial charge on any atom is -0.748 e. The first-order chi connectivity index (χ1) is 21.8. The number of guanidine groups is 1. The summed E-state index contributed by atoms with van der Waals surface area (Å²) in [6, 6.07) is 20.5. The smallest absolute Gasteiger partial charge is 0.748 e. The Bertz CT molecular complexity index is 1640. The third-order valence-corrected chi connectivity index (χ3v) is 10.5. The van der Waals surface area contributed by atoms with E-state index in [1.165, 1.54) is 18.2 Å². The van der Waals surface area contributed by atoms with Gasteiger partial charge >= 0.3 is 29.6 Å². The fourth-order valence-electron chi connectivity index (χ4n) is 6.62. The molecule has 3 aromatic carbocycles. The van der Waals surface area contributed by atoms with Gasteiger partial charge in [-0.05, 0) is 85.4 Å². The number of allylic oxidation sites excluding steroid dienone is 1. The van der Waals surface area contributed by atoms with Crippen molar-refractivity contribution in [3.63, 3.8) is 0 Å². The number of phenolic OH excluding ortho intramolecular Hbond substituents is 1. The second-order valence-electron chi connectivity index (χ2n) is 12.6. The first-order valence-electron chi connectivity index (χ1n) is 15.6. The SMILES string of the molecule is NC(N)=NC1(CCC2(O)CCCC2)Oc2ccc(cc2)CCC(S(=O)(=O)[O-])C(C=CC(O)c2ccc(O)cc2)Cc2ccc1cc2.[Na+]. The van der Waals surface area contributed by atoms with Crippen LogP contribution in [0.15, 0.2) is 89.9 Å². The maximum absolute atomic E-state index is 12.7. The molecule has 3 aromatic rings. The van der Waals surface area contributed by atoms with E-state index in [4.69, 9.17) is 16.2 Å². The third kappa shape index (κ3) is 9.60. The molecule has 0 radical (unpaired) electrons. The van der Waals surface area contributed by atoms with E-state index < -0.39 is 38.7 Å². The summed E-state index contributed by atoms with van der Waals surface area (Å²) >= 11 is 0. The number of aromatic hydroxyl groups is 1. The summed E-state index contributed by atoms with van der Waals surface area (Å²) in [5, 5.41) is 30.4. The molecule has 7 N–H and O–H groups in total. The monoisotopic (exact) mass is 671 g/mol. The van der Waals surface area contributed by atoms with Crippen molar-refractivity contribution in [1.29, 1.82) is 0 Å². The van der Waals surface area contributed by atoms with Crippen molar-refractivity contribution in [2.45, 2.75) is 80.5 Å². The molecule has 0 saturated heterocycles. The first-order valence-corrected chi connectivity index (χ1v) is 17.1. The molecule has 4 unspecified atom stereocenters. The fourth-order valence-corrected chi connectivity index (χ4v) is 7.64. The molecule has 0 amide bonds. The van der Waals surface area contributed by atoms with Crippen LogP contribution in [0.25, 0.3) is 0 Å².